The molecule has 3 amide bonds. The van der Waals surface area contributed by atoms with Crippen molar-refractivity contribution in [3.8, 4) is 0 Å². The molecule has 3 aromatic rings. The van der Waals surface area contributed by atoms with E-state index in [0.29, 0.717) is 16.8 Å². The van der Waals surface area contributed by atoms with E-state index in [9.17, 15) is 14.4 Å². The summed E-state index contributed by atoms with van der Waals surface area (Å²) < 4.78 is 0. The van der Waals surface area contributed by atoms with Crippen LogP contribution in [-0.4, -0.2) is 36.9 Å². The van der Waals surface area contributed by atoms with Gasteiger partial charge in [-0.1, -0.05) is 44.5 Å². The standard InChI is InChI=1S/C30H34N4O3/c1-3-21(2)27(30(37)32-25-12-9-13-26(20-25)34-18-7-8-19-34)33-29(36)23-14-16-24(17-15-23)31-28(35)22-10-5-4-6-11-22/h4-6,9-17,20-21,27H,3,7-8,18-19H2,1-2H3,(H,31,35)(H,32,37)(H,33,36)/t21-,27+/m1/s1. The van der Waals surface area contributed by atoms with E-state index in [4.69, 9.17) is 0 Å². The maximum absolute atomic E-state index is 13.2. The van der Waals surface area contributed by atoms with Gasteiger partial charge < -0.3 is 20.9 Å². The maximum Gasteiger partial charge on any atom is 0.255 e. The Kier molecular flexibility index (Phi) is 8.56. The maximum atomic E-state index is 13.2. The van der Waals surface area contributed by atoms with E-state index in [0.717, 1.165) is 30.9 Å². The summed E-state index contributed by atoms with van der Waals surface area (Å²) in [5, 5.41) is 8.73. The fraction of sp³-hybridized carbons (Fsp3) is 0.300. The summed E-state index contributed by atoms with van der Waals surface area (Å²) in [6.07, 6.45) is 3.09. The van der Waals surface area contributed by atoms with E-state index in [1.165, 1.54) is 12.8 Å². The predicted molar refractivity (Wildman–Crippen MR) is 148 cm³/mol. The van der Waals surface area contributed by atoms with Crippen LogP contribution in [0.15, 0.2) is 78.9 Å². The second-order valence-corrected chi connectivity index (χ2v) is 9.47. The first kappa shape index (κ1) is 25.9. The summed E-state index contributed by atoms with van der Waals surface area (Å²) >= 11 is 0. The molecule has 0 aliphatic carbocycles. The summed E-state index contributed by atoms with van der Waals surface area (Å²) in [6, 6.07) is 22.7. The topological polar surface area (TPSA) is 90.5 Å². The van der Waals surface area contributed by atoms with Crippen LogP contribution in [0.25, 0.3) is 0 Å². The van der Waals surface area contributed by atoms with Crippen molar-refractivity contribution in [2.45, 2.75) is 39.2 Å². The minimum absolute atomic E-state index is 0.0600. The molecule has 1 fully saturated rings. The average Bonchev–Trinajstić information content (AvgIpc) is 3.47. The number of rotatable bonds is 9. The lowest BCUT2D eigenvalue weighted by Crippen LogP contribution is -2.47. The molecule has 7 nitrogen and oxygen atoms in total. The van der Waals surface area contributed by atoms with Crippen molar-refractivity contribution in [1.82, 2.24) is 5.32 Å². The van der Waals surface area contributed by atoms with Crippen LogP contribution < -0.4 is 20.9 Å². The Hall–Kier alpha value is -4.13. The Morgan fingerprint density at radius 1 is 0.784 bits per heavy atom. The monoisotopic (exact) mass is 498 g/mol. The molecule has 0 aromatic heterocycles. The van der Waals surface area contributed by atoms with E-state index < -0.39 is 6.04 Å². The van der Waals surface area contributed by atoms with Crippen LogP contribution in [0, 0.1) is 5.92 Å². The van der Waals surface area contributed by atoms with Gasteiger partial charge in [-0.05, 0) is 73.4 Å². The van der Waals surface area contributed by atoms with Crippen LogP contribution in [0.1, 0.15) is 53.8 Å². The first-order valence-corrected chi connectivity index (χ1v) is 12.9. The van der Waals surface area contributed by atoms with Crippen molar-refractivity contribution in [2.75, 3.05) is 28.6 Å². The summed E-state index contributed by atoms with van der Waals surface area (Å²) in [6.45, 7) is 6.00. The molecule has 2 atom stereocenters. The number of amides is 3. The van der Waals surface area contributed by atoms with E-state index in [1.54, 1.807) is 48.5 Å². The molecule has 1 aliphatic rings. The second-order valence-electron chi connectivity index (χ2n) is 9.47. The summed E-state index contributed by atoms with van der Waals surface area (Å²) in [5.41, 5.74) is 3.36. The first-order valence-electron chi connectivity index (χ1n) is 12.9. The van der Waals surface area contributed by atoms with Gasteiger partial charge in [0.25, 0.3) is 11.8 Å². The molecule has 0 radical (unpaired) electrons. The molecule has 1 aliphatic heterocycles. The van der Waals surface area contributed by atoms with Gasteiger partial charge in [0.2, 0.25) is 5.91 Å². The zero-order valence-corrected chi connectivity index (χ0v) is 21.4. The van der Waals surface area contributed by atoms with Gasteiger partial charge in [0.05, 0.1) is 0 Å². The molecule has 192 valence electrons. The largest absolute Gasteiger partial charge is 0.371 e. The Morgan fingerprint density at radius 2 is 1.46 bits per heavy atom. The number of hydrogen-bond donors (Lipinski definition) is 3. The number of hydrogen-bond acceptors (Lipinski definition) is 4. The normalized spacial score (nSPS) is 14.5. The highest BCUT2D eigenvalue weighted by Crippen LogP contribution is 2.24. The molecule has 7 heteroatoms. The number of benzene rings is 3. The van der Waals surface area contributed by atoms with Crippen LogP contribution in [0.2, 0.25) is 0 Å². The second kappa shape index (κ2) is 12.2. The summed E-state index contributed by atoms with van der Waals surface area (Å²) in [4.78, 5) is 41.0. The first-order chi connectivity index (χ1) is 17.9. The SMILES string of the molecule is CC[C@@H](C)[C@H](NC(=O)c1ccc(NC(=O)c2ccccc2)cc1)C(=O)Nc1cccc(N2CCCC2)c1. The smallest absolute Gasteiger partial charge is 0.255 e. The molecular weight excluding hydrogens is 464 g/mol. The summed E-state index contributed by atoms with van der Waals surface area (Å²) in [7, 11) is 0. The molecule has 1 heterocycles. The van der Waals surface area contributed by atoms with Gasteiger partial charge in [0.15, 0.2) is 0 Å². The quantitative estimate of drug-likeness (QED) is 0.372. The fourth-order valence-corrected chi connectivity index (χ4v) is 4.40. The number of nitrogens with zero attached hydrogens (tertiary/aromatic N) is 1. The molecular formula is C30H34N4O3. The molecule has 0 unspecified atom stereocenters. The molecule has 0 spiro atoms. The van der Waals surface area contributed by atoms with E-state index in [1.807, 2.05) is 38.1 Å². The molecule has 0 saturated carbocycles. The fourth-order valence-electron chi connectivity index (χ4n) is 4.40. The van der Waals surface area contributed by atoms with Crippen LogP contribution in [0.4, 0.5) is 17.1 Å². The van der Waals surface area contributed by atoms with Gasteiger partial charge in [0, 0.05) is 41.3 Å². The van der Waals surface area contributed by atoms with Crippen LogP contribution >= 0.6 is 0 Å². The highest BCUT2D eigenvalue weighted by molar-refractivity contribution is 6.05. The van der Waals surface area contributed by atoms with Crippen LogP contribution in [-0.2, 0) is 4.79 Å². The van der Waals surface area contributed by atoms with Gasteiger partial charge in [-0.25, -0.2) is 0 Å². The van der Waals surface area contributed by atoms with E-state index >= 15 is 0 Å². The average molecular weight is 499 g/mol. The van der Waals surface area contributed by atoms with Gasteiger partial charge >= 0.3 is 0 Å². The van der Waals surface area contributed by atoms with Gasteiger partial charge in [-0.3, -0.25) is 14.4 Å². The van der Waals surface area contributed by atoms with Crippen molar-refractivity contribution in [2.24, 2.45) is 5.92 Å². The third kappa shape index (κ3) is 6.76. The number of carbonyl (C=O) groups is 3. The van der Waals surface area contributed by atoms with E-state index in [-0.39, 0.29) is 23.6 Å². The molecule has 0 bridgehead atoms. The Bertz CT molecular complexity index is 1220. The van der Waals surface area contributed by atoms with Gasteiger partial charge in [0.1, 0.15) is 6.04 Å². The third-order valence-electron chi connectivity index (χ3n) is 6.81. The molecule has 4 rings (SSSR count). The Labute approximate surface area is 218 Å². The van der Waals surface area contributed by atoms with Crippen molar-refractivity contribution in [3.63, 3.8) is 0 Å². The predicted octanol–water partition coefficient (Wildman–Crippen LogP) is 5.32. The Morgan fingerprint density at radius 3 is 2.14 bits per heavy atom. The van der Waals surface area contributed by atoms with Crippen molar-refractivity contribution in [1.29, 1.82) is 0 Å². The lowest BCUT2D eigenvalue weighted by molar-refractivity contribution is -0.119. The van der Waals surface area contributed by atoms with Crippen molar-refractivity contribution < 1.29 is 14.4 Å². The molecule has 1 saturated heterocycles. The third-order valence-corrected chi connectivity index (χ3v) is 6.81. The highest BCUT2D eigenvalue weighted by atomic mass is 16.2. The number of nitrogens with one attached hydrogen (secondary N) is 3. The molecule has 3 aromatic carbocycles. The lowest BCUT2D eigenvalue weighted by Gasteiger charge is -2.24. The lowest BCUT2D eigenvalue weighted by atomic mass is 9.97. The minimum atomic E-state index is -0.689. The molecule has 3 N–H and O–H groups in total. The summed E-state index contributed by atoms with van der Waals surface area (Å²) in [5.74, 6) is -0.865. The minimum Gasteiger partial charge on any atom is -0.371 e. The van der Waals surface area contributed by atoms with Crippen molar-refractivity contribution >= 4 is 34.8 Å². The van der Waals surface area contributed by atoms with Crippen molar-refractivity contribution in [3.05, 3.63) is 90.0 Å². The Balaban J connectivity index is 1.40. The van der Waals surface area contributed by atoms with Crippen LogP contribution in [0.5, 0.6) is 0 Å². The van der Waals surface area contributed by atoms with Gasteiger partial charge in [-0.15, -0.1) is 0 Å². The molecule has 37 heavy (non-hydrogen) atoms. The zero-order valence-electron chi connectivity index (χ0n) is 21.4. The van der Waals surface area contributed by atoms with E-state index in [2.05, 4.69) is 26.9 Å². The van der Waals surface area contributed by atoms with Gasteiger partial charge in [-0.2, -0.15) is 0 Å². The zero-order chi connectivity index (χ0) is 26.2. The highest BCUT2D eigenvalue weighted by Gasteiger charge is 2.27. The van der Waals surface area contributed by atoms with Crippen LogP contribution in [0.3, 0.4) is 0 Å². The number of anilines is 3. The number of carbonyl (C=O) groups excluding carboxylic acids is 3.